The van der Waals surface area contributed by atoms with Gasteiger partial charge < -0.3 is 15.6 Å². The number of amides is 1. The number of aromatic nitrogens is 2. The fourth-order valence-electron chi connectivity index (χ4n) is 1.37. The minimum absolute atomic E-state index is 0.00877. The molecule has 0 saturated carbocycles. The Labute approximate surface area is 113 Å². The van der Waals surface area contributed by atoms with Gasteiger partial charge in [0.15, 0.2) is 0 Å². The van der Waals surface area contributed by atoms with Crippen molar-refractivity contribution in [1.82, 2.24) is 14.9 Å². The van der Waals surface area contributed by atoms with E-state index in [1.807, 2.05) is 20.8 Å². The molecule has 106 valence electrons. The number of rotatable bonds is 6. The topological polar surface area (TPSA) is 96.2 Å². The zero-order valence-electron chi connectivity index (χ0n) is 11.9. The van der Waals surface area contributed by atoms with Crippen LogP contribution in [0, 0.1) is 0 Å². The van der Waals surface area contributed by atoms with Crippen molar-refractivity contribution in [3.05, 3.63) is 11.9 Å². The van der Waals surface area contributed by atoms with Gasteiger partial charge in [-0.05, 0) is 6.92 Å². The molecule has 0 saturated heterocycles. The van der Waals surface area contributed by atoms with Gasteiger partial charge >= 0.3 is 0 Å². The van der Waals surface area contributed by atoms with Crippen molar-refractivity contribution in [2.45, 2.75) is 26.7 Å². The highest BCUT2D eigenvalue weighted by atomic mass is 16.2. The van der Waals surface area contributed by atoms with E-state index in [0.29, 0.717) is 24.0 Å². The zero-order valence-corrected chi connectivity index (χ0v) is 11.9. The van der Waals surface area contributed by atoms with E-state index in [1.54, 1.807) is 18.0 Å². The highest BCUT2D eigenvalue weighted by Gasteiger charge is 2.10. The maximum absolute atomic E-state index is 11.7. The van der Waals surface area contributed by atoms with Crippen molar-refractivity contribution in [3.8, 4) is 0 Å². The lowest BCUT2D eigenvalue weighted by atomic mass is 10.2. The second-order valence-corrected chi connectivity index (χ2v) is 4.56. The molecule has 0 aromatic carbocycles. The summed E-state index contributed by atoms with van der Waals surface area (Å²) < 4.78 is 0. The SMILES string of the molecule is CCN(C)C(=O)CNc1cc(NN)nc(C(C)C)n1. The molecule has 1 rings (SSSR count). The van der Waals surface area contributed by atoms with Crippen LogP contribution in [0.1, 0.15) is 32.5 Å². The maximum atomic E-state index is 11.7. The van der Waals surface area contributed by atoms with Gasteiger partial charge in [0.05, 0.1) is 6.54 Å². The smallest absolute Gasteiger partial charge is 0.241 e. The Morgan fingerprint density at radius 1 is 1.42 bits per heavy atom. The summed E-state index contributed by atoms with van der Waals surface area (Å²) in [6.07, 6.45) is 0. The third-order valence-electron chi connectivity index (χ3n) is 2.73. The fraction of sp³-hybridized carbons (Fsp3) is 0.583. The van der Waals surface area contributed by atoms with Gasteiger partial charge in [0.2, 0.25) is 5.91 Å². The van der Waals surface area contributed by atoms with Gasteiger partial charge in [-0.25, -0.2) is 15.8 Å². The molecule has 1 aromatic rings. The van der Waals surface area contributed by atoms with E-state index < -0.39 is 0 Å². The Hall–Kier alpha value is -1.89. The number of hydrogen-bond donors (Lipinski definition) is 3. The van der Waals surface area contributed by atoms with Gasteiger partial charge in [-0.3, -0.25) is 4.79 Å². The highest BCUT2D eigenvalue weighted by molar-refractivity contribution is 5.80. The normalized spacial score (nSPS) is 10.4. The van der Waals surface area contributed by atoms with Crippen LogP contribution >= 0.6 is 0 Å². The Balaban J connectivity index is 2.77. The van der Waals surface area contributed by atoms with Crippen molar-refractivity contribution in [2.75, 3.05) is 30.9 Å². The summed E-state index contributed by atoms with van der Waals surface area (Å²) in [5, 5.41) is 2.99. The molecule has 1 aromatic heterocycles. The zero-order chi connectivity index (χ0) is 14.4. The minimum atomic E-state index is 0.00877. The van der Waals surface area contributed by atoms with E-state index in [2.05, 4.69) is 20.7 Å². The molecule has 4 N–H and O–H groups in total. The summed E-state index contributed by atoms with van der Waals surface area (Å²) >= 11 is 0. The first-order valence-corrected chi connectivity index (χ1v) is 6.31. The first-order chi connectivity index (χ1) is 8.97. The van der Waals surface area contributed by atoms with Gasteiger partial charge in [-0.1, -0.05) is 13.8 Å². The second kappa shape index (κ2) is 6.89. The second-order valence-electron chi connectivity index (χ2n) is 4.56. The first kappa shape index (κ1) is 15.2. The molecule has 0 radical (unpaired) electrons. The van der Waals surface area contributed by atoms with Crippen LogP contribution < -0.4 is 16.6 Å². The maximum Gasteiger partial charge on any atom is 0.241 e. The molecule has 1 amide bonds. The molecule has 0 atom stereocenters. The predicted molar refractivity (Wildman–Crippen MR) is 75.7 cm³/mol. The van der Waals surface area contributed by atoms with E-state index >= 15 is 0 Å². The highest BCUT2D eigenvalue weighted by Crippen LogP contribution is 2.16. The largest absolute Gasteiger partial charge is 0.361 e. The Morgan fingerprint density at radius 3 is 2.58 bits per heavy atom. The van der Waals surface area contributed by atoms with Crippen LogP contribution in [0.3, 0.4) is 0 Å². The number of likely N-dealkylation sites (N-methyl/N-ethyl adjacent to an activating group) is 1. The van der Waals surface area contributed by atoms with Crippen LogP contribution in [-0.2, 0) is 4.79 Å². The van der Waals surface area contributed by atoms with Gasteiger partial charge in [-0.2, -0.15) is 0 Å². The van der Waals surface area contributed by atoms with E-state index in [1.165, 1.54) is 0 Å². The average molecular weight is 266 g/mol. The molecule has 0 aliphatic rings. The molecule has 0 aliphatic heterocycles. The van der Waals surface area contributed by atoms with Gasteiger partial charge in [-0.15, -0.1) is 0 Å². The summed E-state index contributed by atoms with van der Waals surface area (Å²) in [5.41, 5.74) is 2.50. The van der Waals surface area contributed by atoms with Crippen LogP contribution in [0.15, 0.2) is 6.07 Å². The van der Waals surface area contributed by atoms with Crippen LogP contribution in [0.2, 0.25) is 0 Å². The monoisotopic (exact) mass is 266 g/mol. The van der Waals surface area contributed by atoms with E-state index in [-0.39, 0.29) is 18.4 Å². The molecule has 7 nitrogen and oxygen atoms in total. The third-order valence-corrected chi connectivity index (χ3v) is 2.73. The summed E-state index contributed by atoms with van der Waals surface area (Å²) in [4.78, 5) is 21.9. The number of anilines is 2. The number of nitrogen functional groups attached to an aromatic ring is 1. The van der Waals surface area contributed by atoms with E-state index in [4.69, 9.17) is 5.84 Å². The lowest BCUT2D eigenvalue weighted by molar-refractivity contribution is -0.127. The molecule has 0 spiro atoms. The number of nitrogens with one attached hydrogen (secondary N) is 2. The third kappa shape index (κ3) is 4.36. The quantitative estimate of drug-likeness (QED) is 0.520. The van der Waals surface area contributed by atoms with Crippen molar-refractivity contribution < 1.29 is 4.79 Å². The standard InChI is InChI=1S/C12H22N6O/c1-5-18(4)11(19)7-14-9-6-10(17-13)16-12(15-9)8(2)3/h6,8H,5,7,13H2,1-4H3,(H2,14,15,16,17). The van der Waals surface area contributed by atoms with Gasteiger partial charge in [0.25, 0.3) is 0 Å². The van der Waals surface area contributed by atoms with Crippen molar-refractivity contribution in [1.29, 1.82) is 0 Å². The molecule has 7 heteroatoms. The molecule has 19 heavy (non-hydrogen) atoms. The lowest BCUT2D eigenvalue weighted by Crippen LogP contribution is -2.32. The minimum Gasteiger partial charge on any atom is -0.361 e. The fourth-order valence-corrected chi connectivity index (χ4v) is 1.37. The van der Waals surface area contributed by atoms with E-state index in [9.17, 15) is 4.79 Å². The number of carbonyl (C=O) groups excluding carboxylic acids is 1. The molecule has 0 unspecified atom stereocenters. The van der Waals surface area contributed by atoms with Crippen LogP contribution in [0.4, 0.5) is 11.6 Å². The van der Waals surface area contributed by atoms with Crippen molar-refractivity contribution in [2.24, 2.45) is 5.84 Å². The summed E-state index contributed by atoms with van der Waals surface area (Å²) in [6.45, 7) is 6.79. The van der Waals surface area contributed by atoms with Crippen LogP contribution in [-0.4, -0.2) is 40.9 Å². The molecule has 1 heterocycles. The van der Waals surface area contributed by atoms with Gasteiger partial charge in [0, 0.05) is 25.6 Å². The lowest BCUT2D eigenvalue weighted by Gasteiger charge is -2.16. The number of nitrogens with zero attached hydrogens (tertiary/aromatic N) is 3. The van der Waals surface area contributed by atoms with Crippen molar-refractivity contribution in [3.63, 3.8) is 0 Å². The number of hydrogen-bond acceptors (Lipinski definition) is 6. The van der Waals surface area contributed by atoms with Crippen molar-refractivity contribution >= 4 is 17.5 Å². The Bertz CT molecular complexity index is 434. The average Bonchev–Trinajstić information content (AvgIpc) is 2.43. The van der Waals surface area contributed by atoms with Gasteiger partial charge in [0.1, 0.15) is 17.5 Å². The summed E-state index contributed by atoms with van der Waals surface area (Å²) in [7, 11) is 1.76. The van der Waals surface area contributed by atoms with Crippen LogP contribution in [0.25, 0.3) is 0 Å². The van der Waals surface area contributed by atoms with E-state index in [0.717, 1.165) is 0 Å². The molecular weight excluding hydrogens is 244 g/mol. The summed E-state index contributed by atoms with van der Waals surface area (Å²) in [6, 6.07) is 1.67. The molecule has 0 bridgehead atoms. The van der Waals surface area contributed by atoms with Crippen LogP contribution in [0.5, 0.6) is 0 Å². The summed E-state index contributed by atoms with van der Waals surface area (Å²) in [5.74, 6) is 7.35. The first-order valence-electron chi connectivity index (χ1n) is 6.31. The number of carbonyl (C=O) groups is 1. The number of nitrogens with two attached hydrogens (primary N) is 1. The molecule has 0 aliphatic carbocycles. The molecular formula is C12H22N6O. The Morgan fingerprint density at radius 2 is 2.05 bits per heavy atom. The predicted octanol–water partition coefficient (Wildman–Crippen LogP) is 0.776. The molecule has 0 fully saturated rings. The Kier molecular flexibility index (Phi) is 5.50. The number of hydrazine groups is 1.